The van der Waals surface area contributed by atoms with Gasteiger partial charge >= 0.3 is 6.09 Å². The van der Waals surface area contributed by atoms with Gasteiger partial charge in [0.25, 0.3) is 5.56 Å². The van der Waals surface area contributed by atoms with Crippen molar-refractivity contribution in [2.24, 2.45) is 0 Å². The number of amides is 1. The summed E-state index contributed by atoms with van der Waals surface area (Å²) in [6.45, 7) is 2.17. The molecule has 1 fully saturated rings. The van der Waals surface area contributed by atoms with Crippen LogP contribution < -0.4 is 10.5 Å². The Morgan fingerprint density at radius 1 is 1.18 bits per heavy atom. The van der Waals surface area contributed by atoms with Gasteiger partial charge in [0.2, 0.25) is 0 Å². The Morgan fingerprint density at radius 3 is 2.75 bits per heavy atom. The number of ether oxygens (including phenoxy) is 1. The van der Waals surface area contributed by atoms with E-state index in [2.05, 4.69) is 18.0 Å². The van der Waals surface area contributed by atoms with Crippen molar-refractivity contribution in [1.29, 1.82) is 0 Å². The number of fused-ring (bicyclic) bond motifs is 1. The minimum absolute atomic E-state index is 0.202. The molecule has 1 aliphatic rings. The van der Waals surface area contributed by atoms with E-state index in [1.165, 1.54) is 10.5 Å². The number of benzene rings is 2. The standard InChI is InChI=1S/C22H22N2O4/c1-2-5-14-6-3-4-7-18(14)20-10-15-8-9-16(11-19(15)21(26)23-20)24-12-17(13-25)28-22(24)27/h3-4,6-11,17,25H,2,5,12-13H2,1H3,(H,23,26). The smallest absolute Gasteiger partial charge is 0.414 e. The minimum Gasteiger partial charge on any atom is -0.441 e. The Balaban J connectivity index is 1.76. The lowest BCUT2D eigenvalue weighted by molar-refractivity contribution is 0.0963. The summed E-state index contributed by atoms with van der Waals surface area (Å²) in [5, 5.41) is 10.5. The van der Waals surface area contributed by atoms with E-state index in [9.17, 15) is 14.7 Å². The first-order valence-electron chi connectivity index (χ1n) is 9.45. The maximum atomic E-state index is 12.8. The second kappa shape index (κ2) is 7.48. The summed E-state index contributed by atoms with van der Waals surface area (Å²) in [5.74, 6) is 0. The highest BCUT2D eigenvalue weighted by molar-refractivity contribution is 5.94. The van der Waals surface area contributed by atoms with Gasteiger partial charge in [0.15, 0.2) is 0 Å². The number of hydrogen-bond acceptors (Lipinski definition) is 4. The first-order chi connectivity index (χ1) is 13.6. The van der Waals surface area contributed by atoms with Crippen LogP contribution in [0.25, 0.3) is 22.0 Å². The maximum Gasteiger partial charge on any atom is 0.414 e. The molecule has 2 aromatic carbocycles. The molecule has 0 spiro atoms. The molecule has 6 nitrogen and oxygen atoms in total. The molecule has 2 N–H and O–H groups in total. The number of hydrogen-bond donors (Lipinski definition) is 2. The van der Waals surface area contributed by atoms with Crippen LogP contribution in [0.15, 0.2) is 53.3 Å². The van der Waals surface area contributed by atoms with E-state index in [0.29, 0.717) is 11.1 Å². The van der Waals surface area contributed by atoms with Crippen molar-refractivity contribution in [1.82, 2.24) is 4.98 Å². The minimum atomic E-state index is -0.543. The molecule has 1 amide bonds. The summed E-state index contributed by atoms with van der Waals surface area (Å²) in [4.78, 5) is 29.2. The van der Waals surface area contributed by atoms with E-state index < -0.39 is 12.2 Å². The average molecular weight is 378 g/mol. The molecule has 4 rings (SSSR count). The molecule has 144 valence electrons. The van der Waals surface area contributed by atoms with Crippen LogP contribution in [0.3, 0.4) is 0 Å². The summed E-state index contributed by atoms with van der Waals surface area (Å²) in [6.07, 6.45) is 0.913. The van der Waals surface area contributed by atoms with Crippen molar-refractivity contribution < 1.29 is 14.6 Å². The van der Waals surface area contributed by atoms with Crippen LogP contribution in [-0.4, -0.2) is 35.4 Å². The molecule has 0 saturated carbocycles. The third kappa shape index (κ3) is 3.27. The van der Waals surface area contributed by atoms with Crippen molar-refractivity contribution in [2.45, 2.75) is 25.9 Å². The molecule has 28 heavy (non-hydrogen) atoms. The fourth-order valence-corrected chi connectivity index (χ4v) is 3.66. The number of rotatable bonds is 5. The Bertz CT molecular complexity index is 1090. The highest BCUT2D eigenvalue weighted by atomic mass is 16.6. The molecular weight excluding hydrogens is 356 g/mol. The summed E-state index contributed by atoms with van der Waals surface area (Å²) in [7, 11) is 0. The fraction of sp³-hybridized carbons (Fsp3) is 0.273. The van der Waals surface area contributed by atoms with Gasteiger partial charge in [-0.15, -0.1) is 0 Å². The van der Waals surface area contributed by atoms with E-state index >= 15 is 0 Å². The number of aromatic nitrogens is 1. The molecule has 0 aliphatic carbocycles. The van der Waals surface area contributed by atoms with Crippen molar-refractivity contribution in [2.75, 3.05) is 18.1 Å². The number of H-pyrrole nitrogens is 1. The van der Waals surface area contributed by atoms with Gasteiger partial charge in [-0.05, 0) is 35.6 Å². The van der Waals surface area contributed by atoms with Crippen LogP contribution in [0, 0.1) is 0 Å². The van der Waals surface area contributed by atoms with E-state index in [4.69, 9.17) is 4.74 Å². The monoisotopic (exact) mass is 378 g/mol. The van der Waals surface area contributed by atoms with Crippen LogP contribution in [0.4, 0.5) is 10.5 Å². The zero-order valence-corrected chi connectivity index (χ0v) is 15.6. The summed E-state index contributed by atoms with van der Waals surface area (Å²) in [5.41, 5.74) is 3.40. The van der Waals surface area contributed by atoms with Gasteiger partial charge in [0, 0.05) is 22.3 Å². The largest absolute Gasteiger partial charge is 0.441 e. The van der Waals surface area contributed by atoms with Crippen molar-refractivity contribution in [3.8, 4) is 11.3 Å². The van der Waals surface area contributed by atoms with E-state index in [-0.39, 0.29) is 18.7 Å². The fourth-order valence-electron chi connectivity index (χ4n) is 3.66. The average Bonchev–Trinajstić information content (AvgIpc) is 3.09. The lowest BCUT2D eigenvalue weighted by Gasteiger charge is -2.14. The summed E-state index contributed by atoms with van der Waals surface area (Å²) in [6, 6.07) is 15.4. The Morgan fingerprint density at radius 2 is 2.00 bits per heavy atom. The SMILES string of the molecule is CCCc1ccccc1-c1cc2ccc(N3CC(CO)OC3=O)cc2c(=O)[nH]1. The summed E-state index contributed by atoms with van der Waals surface area (Å²) < 4.78 is 5.08. The van der Waals surface area contributed by atoms with Crippen molar-refractivity contribution >= 4 is 22.6 Å². The van der Waals surface area contributed by atoms with Crippen LogP contribution in [0.1, 0.15) is 18.9 Å². The number of anilines is 1. The number of nitrogens with one attached hydrogen (secondary N) is 1. The van der Waals surface area contributed by atoms with E-state index in [1.807, 2.05) is 30.3 Å². The van der Waals surface area contributed by atoms with Gasteiger partial charge in [0.05, 0.1) is 13.2 Å². The number of carbonyl (C=O) groups excluding carboxylic acids is 1. The normalized spacial score (nSPS) is 16.6. The molecule has 6 heteroatoms. The van der Waals surface area contributed by atoms with E-state index in [0.717, 1.165) is 29.5 Å². The number of pyridine rings is 1. The highest BCUT2D eigenvalue weighted by Crippen LogP contribution is 2.28. The molecule has 1 atom stereocenters. The van der Waals surface area contributed by atoms with Gasteiger partial charge in [-0.25, -0.2) is 4.79 Å². The number of aliphatic hydroxyl groups is 1. The van der Waals surface area contributed by atoms with Gasteiger partial charge < -0.3 is 14.8 Å². The van der Waals surface area contributed by atoms with Crippen LogP contribution in [0.5, 0.6) is 0 Å². The number of aryl methyl sites for hydroxylation is 1. The third-order valence-electron chi connectivity index (χ3n) is 5.05. The van der Waals surface area contributed by atoms with Gasteiger partial charge in [-0.2, -0.15) is 0 Å². The second-order valence-corrected chi connectivity index (χ2v) is 6.99. The quantitative estimate of drug-likeness (QED) is 0.712. The molecule has 1 saturated heterocycles. The highest BCUT2D eigenvalue weighted by Gasteiger charge is 2.31. The molecule has 1 aromatic heterocycles. The number of cyclic esters (lactones) is 1. The third-order valence-corrected chi connectivity index (χ3v) is 5.05. The molecule has 0 bridgehead atoms. The lowest BCUT2D eigenvalue weighted by atomic mass is 9.99. The number of aliphatic hydroxyl groups excluding tert-OH is 1. The molecule has 0 radical (unpaired) electrons. The zero-order valence-electron chi connectivity index (χ0n) is 15.6. The molecule has 3 aromatic rings. The van der Waals surface area contributed by atoms with Crippen molar-refractivity contribution in [3.63, 3.8) is 0 Å². The van der Waals surface area contributed by atoms with Crippen LogP contribution in [-0.2, 0) is 11.2 Å². The van der Waals surface area contributed by atoms with Gasteiger partial charge in [-0.3, -0.25) is 9.69 Å². The second-order valence-electron chi connectivity index (χ2n) is 6.99. The van der Waals surface area contributed by atoms with Gasteiger partial charge in [0.1, 0.15) is 6.10 Å². The van der Waals surface area contributed by atoms with Crippen molar-refractivity contribution in [3.05, 3.63) is 64.4 Å². The molecule has 2 heterocycles. The Kier molecular flexibility index (Phi) is 4.88. The Hall–Kier alpha value is -3.12. The Labute approximate surface area is 162 Å². The lowest BCUT2D eigenvalue weighted by Crippen LogP contribution is -2.25. The molecule has 1 aliphatic heterocycles. The maximum absolute atomic E-state index is 12.8. The molecular formula is C22H22N2O4. The predicted octanol–water partition coefficient (Wildman–Crippen LogP) is 3.47. The van der Waals surface area contributed by atoms with Crippen LogP contribution >= 0.6 is 0 Å². The predicted molar refractivity (Wildman–Crippen MR) is 109 cm³/mol. The topological polar surface area (TPSA) is 82.6 Å². The number of aromatic amines is 1. The number of nitrogens with zero attached hydrogens (tertiary/aromatic N) is 1. The first-order valence-corrected chi connectivity index (χ1v) is 9.45. The van der Waals surface area contributed by atoms with E-state index in [1.54, 1.807) is 12.1 Å². The summed E-state index contributed by atoms with van der Waals surface area (Å²) >= 11 is 0. The first kappa shape index (κ1) is 18.3. The van der Waals surface area contributed by atoms with Gasteiger partial charge in [-0.1, -0.05) is 43.7 Å². The van der Waals surface area contributed by atoms with Crippen LogP contribution in [0.2, 0.25) is 0 Å². The molecule has 1 unspecified atom stereocenters. The zero-order chi connectivity index (χ0) is 19.7. The number of carbonyl (C=O) groups is 1.